The summed E-state index contributed by atoms with van der Waals surface area (Å²) in [5.74, 6) is 0. The smallest absolute Gasteiger partial charge is 0.112 e. The van der Waals surface area contributed by atoms with Gasteiger partial charge in [-0.2, -0.15) is 0 Å². The van der Waals surface area contributed by atoms with Crippen molar-refractivity contribution < 1.29 is 0 Å². The van der Waals surface area contributed by atoms with E-state index < -0.39 is 6.19 Å². The van der Waals surface area contributed by atoms with E-state index in [1.807, 2.05) is 79.7 Å². The fourth-order valence-electron chi connectivity index (χ4n) is 1.73. The van der Waals surface area contributed by atoms with Crippen LogP contribution in [-0.4, -0.2) is 24.2 Å². The Labute approximate surface area is 131 Å². The van der Waals surface area contributed by atoms with Gasteiger partial charge in [-0.3, -0.25) is 4.76 Å². The summed E-state index contributed by atoms with van der Waals surface area (Å²) < 4.78 is 4.73. The molecule has 0 fully saturated rings. The van der Waals surface area contributed by atoms with E-state index in [0.29, 0.717) is 5.17 Å². The van der Waals surface area contributed by atoms with Crippen LogP contribution in [0.15, 0.2) is 65.4 Å². The molecule has 0 spiro atoms. The van der Waals surface area contributed by atoms with Gasteiger partial charge in [-0.1, -0.05) is 72.5 Å². The van der Waals surface area contributed by atoms with Gasteiger partial charge in [0.05, 0.1) is 0 Å². The van der Waals surface area contributed by atoms with Crippen LogP contribution in [0.25, 0.3) is 0 Å². The first-order valence-corrected chi connectivity index (χ1v) is 9.36. The first-order valence-electron chi connectivity index (χ1n) is 6.20. The molecule has 0 atom stereocenters. The highest BCUT2D eigenvalue weighted by molar-refractivity contribution is 8.21. The molecule has 0 saturated heterocycles. The van der Waals surface area contributed by atoms with Crippen molar-refractivity contribution in [2.45, 2.75) is 0 Å². The maximum Gasteiger partial charge on any atom is 0.112 e. The van der Waals surface area contributed by atoms with Gasteiger partial charge >= 0.3 is 0 Å². The van der Waals surface area contributed by atoms with E-state index in [1.165, 1.54) is 0 Å². The van der Waals surface area contributed by atoms with Crippen LogP contribution >= 0.6 is 6.19 Å². The van der Waals surface area contributed by atoms with Gasteiger partial charge in [0.2, 0.25) is 0 Å². The Kier molecular flexibility index (Phi) is 4.92. The lowest BCUT2D eigenvalue weighted by molar-refractivity contribution is 0.638. The third-order valence-electron chi connectivity index (χ3n) is 2.82. The Morgan fingerprint density at radius 1 is 0.950 bits per heavy atom. The lowest BCUT2D eigenvalue weighted by Crippen LogP contribution is -2.22. The van der Waals surface area contributed by atoms with E-state index in [0.717, 1.165) is 10.6 Å². The summed E-state index contributed by atoms with van der Waals surface area (Å²) in [6.07, 6.45) is -2.26. The van der Waals surface area contributed by atoms with Crippen LogP contribution in [0.4, 0.5) is 0 Å². The molecule has 0 heterocycles. The van der Waals surface area contributed by atoms with Crippen molar-refractivity contribution >= 4 is 46.4 Å². The van der Waals surface area contributed by atoms with Gasteiger partial charge in [0.1, 0.15) is 6.19 Å². The van der Waals surface area contributed by atoms with Crippen LogP contribution < -0.4 is 10.6 Å². The number of amidine groups is 1. The second-order valence-electron chi connectivity index (χ2n) is 4.52. The normalized spacial score (nSPS) is 12.2. The summed E-state index contributed by atoms with van der Waals surface area (Å²) in [7, 11) is 3.78. The highest BCUT2D eigenvalue weighted by Gasteiger charge is 2.20. The standard InChI is InChI=1S/C15H17N2PS2/c1-17(2)15(19)16-18(20,13-9-5-3-6-10-13)14-11-7-4-8-12-14/h3-12H,1-2H3,(H,16,19,20)/p-1. The molecule has 0 unspecified atom stereocenters. The van der Waals surface area contributed by atoms with E-state index >= 15 is 0 Å². The molecule has 2 aromatic rings. The monoisotopic (exact) mass is 319 g/mol. The molecule has 2 nitrogen and oxygen atoms in total. The summed E-state index contributed by atoms with van der Waals surface area (Å²) in [5.41, 5.74) is 0. The molecule has 0 aliphatic heterocycles. The van der Waals surface area contributed by atoms with Crippen molar-refractivity contribution in [1.82, 2.24) is 4.90 Å². The minimum absolute atomic E-state index is 0.543. The van der Waals surface area contributed by atoms with E-state index in [4.69, 9.17) is 29.2 Å². The first kappa shape index (κ1) is 15.2. The molecule has 20 heavy (non-hydrogen) atoms. The predicted octanol–water partition coefficient (Wildman–Crippen LogP) is 2.50. The zero-order valence-corrected chi connectivity index (χ0v) is 14.0. The number of nitrogens with zero attached hydrogens (tertiary/aromatic N) is 2. The predicted molar refractivity (Wildman–Crippen MR) is 94.9 cm³/mol. The molecule has 0 amide bonds. The maximum absolute atomic E-state index is 5.96. The topological polar surface area (TPSA) is 15.6 Å². The van der Waals surface area contributed by atoms with Crippen LogP contribution in [0.2, 0.25) is 0 Å². The van der Waals surface area contributed by atoms with Crippen LogP contribution in [0.3, 0.4) is 0 Å². The van der Waals surface area contributed by atoms with Gasteiger partial charge in [-0.25, -0.2) is 0 Å². The van der Waals surface area contributed by atoms with Gasteiger partial charge < -0.3 is 17.5 Å². The average Bonchev–Trinajstić information content (AvgIpc) is 2.48. The molecule has 0 bridgehead atoms. The largest absolute Gasteiger partial charge is 0.743 e. The molecular weight excluding hydrogens is 303 g/mol. The van der Waals surface area contributed by atoms with Crippen molar-refractivity contribution in [3.63, 3.8) is 0 Å². The molecule has 0 aromatic heterocycles. The number of rotatable bonds is 3. The van der Waals surface area contributed by atoms with Gasteiger partial charge in [0, 0.05) is 24.7 Å². The van der Waals surface area contributed by atoms with Crippen LogP contribution in [-0.2, 0) is 24.4 Å². The van der Waals surface area contributed by atoms with E-state index in [-0.39, 0.29) is 0 Å². The Hall–Kier alpha value is -1.22. The third-order valence-corrected chi connectivity index (χ3v) is 7.39. The fraction of sp³-hybridized carbons (Fsp3) is 0.133. The lowest BCUT2D eigenvalue weighted by atomic mass is 10.4. The highest BCUT2D eigenvalue weighted by Crippen LogP contribution is 2.45. The minimum atomic E-state index is -2.26. The second-order valence-corrected chi connectivity index (χ2v) is 8.86. The summed E-state index contributed by atoms with van der Waals surface area (Å²) in [6.45, 7) is 0. The molecule has 0 N–H and O–H groups in total. The van der Waals surface area contributed by atoms with Gasteiger partial charge in [-0.05, 0) is 5.17 Å². The van der Waals surface area contributed by atoms with Crippen LogP contribution in [0, 0.1) is 0 Å². The maximum atomic E-state index is 5.96. The zero-order chi connectivity index (χ0) is 14.6. The Bertz CT molecular complexity index is 596. The minimum Gasteiger partial charge on any atom is -0.743 e. The molecule has 2 rings (SSSR count). The summed E-state index contributed by atoms with van der Waals surface area (Å²) >= 11 is 11.3. The van der Waals surface area contributed by atoms with Crippen molar-refractivity contribution in [2.75, 3.05) is 14.1 Å². The quantitative estimate of drug-likeness (QED) is 0.374. The third kappa shape index (κ3) is 3.26. The number of hydrogen-bond donors (Lipinski definition) is 0. The fourth-order valence-corrected chi connectivity index (χ4v) is 5.32. The van der Waals surface area contributed by atoms with Gasteiger partial charge in [0.15, 0.2) is 0 Å². The molecule has 2 aromatic carbocycles. The van der Waals surface area contributed by atoms with Crippen molar-refractivity contribution in [1.29, 1.82) is 0 Å². The van der Waals surface area contributed by atoms with Gasteiger partial charge in [0.25, 0.3) is 0 Å². The van der Waals surface area contributed by atoms with E-state index in [2.05, 4.69) is 0 Å². The average molecular weight is 319 g/mol. The van der Waals surface area contributed by atoms with Crippen LogP contribution in [0.1, 0.15) is 0 Å². The molecule has 0 aliphatic carbocycles. The van der Waals surface area contributed by atoms with Crippen LogP contribution in [0.5, 0.6) is 0 Å². The molecule has 0 saturated carbocycles. The number of hydrogen-bond acceptors (Lipinski definition) is 2. The Morgan fingerprint density at radius 2 is 1.35 bits per heavy atom. The van der Waals surface area contributed by atoms with Crippen molar-refractivity contribution in [3.05, 3.63) is 60.7 Å². The summed E-state index contributed by atoms with van der Waals surface area (Å²) in [4.78, 5) is 1.82. The molecule has 0 aliphatic rings. The van der Waals surface area contributed by atoms with Crippen molar-refractivity contribution in [2.24, 2.45) is 4.76 Å². The lowest BCUT2D eigenvalue weighted by Gasteiger charge is -2.27. The second kappa shape index (κ2) is 6.49. The Balaban J connectivity index is 2.62. The SMILES string of the molecule is CN(C)C([S-])=NP(=S)(c1ccccc1)c1ccccc1. The Morgan fingerprint density at radius 3 is 1.70 bits per heavy atom. The molecule has 5 heteroatoms. The zero-order valence-electron chi connectivity index (χ0n) is 11.4. The summed E-state index contributed by atoms with van der Waals surface area (Å²) in [6, 6.07) is 20.1. The summed E-state index contributed by atoms with van der Waals surface area (Å²) in [5, 5.41) is 2.66. The first-order chi connectivity index (χ1) is 9.54. The molecular formula is C15H16N2PS2-. The van der Waals surface area contributed by atoms with Gasteiger partial charge in [-0.15, -0.1) is 0 Å². The van der Waals surface area contributed by atoms with E-state index in [1.54, 1.807) is 0 Å². The molecule has 0 radical (unpaired) electrons. The molecule has 104 valence electrons. The van der Waals surface area contributed by atoms with Crippen molar-refractivity contribution in [3.8, 4) is 0 Å². The number of benzene rings is 2. The van der Waals surface area contributed by atoms with E-state index in [9.17, 15) is 0 Å². The highest BCUT2D eigenvalue weighted by atomic mass is 32.4.